The minimum Gasteiger partial charge on any atom is -0.322 e. The normalized spacial score (nSPS) is 18.1. The van der Waals surface area contributed by atoms with Gasteiger partial charge in [0, 0.05) is 18.0 Å². The second kappa shape index (κ2) is 4.65. The van der Waals surface area contributed by atoms with Crippen LogP contribution in [0.1, 0.15) is 47.7 Å². The van der Waals surface area contributed by atoms with Crippen LogP contribution in [0, 0.1) is 6.92 Å². The highest BCUT2D eigenvalue weighted by molar-refractivity contribution is 5.84. The Balaban J connectivity index is 2.16. The van der Waals surface area contributed by atoms with Crippen LogP contribution in [0.3, 0.4) is 0 Å². The van der Waals surface area contributed by atoms with Crippen LogP contribution in [0.4, 0.5) is 0 Å². The molecule has 1 aromatic heterocycles. The molecule has 1 unspecified atom stereocenters. The number of aromatic nitrogens is 2. The van der Waals surface area contributed by atoms with E-state index in [0.29, 0.717) is 6.04 Å². The summed E-state index contributed by atoms with van der Waals surface area (Å²) in [6.07, 6.45) is 4.20. The van der Waals surface area contributed by atoms with Gasteiger partial charge in [0.1, 0.15) is 11.5 Å². The molecule has 0 saturated heterocycles. The van der Waals surface area contributed by atoms with Gasteiger partial charge in [0.2, 0.25) is 0 Å². The smallest absolute Gasteiger partial charge is 0.168 e. The first kappa shape index (κ1) is 12.2. The molecule has 19 heavy (non-hydrogen) atoms. The van der Waals surface area contributed by atoms with Crippen LogP contribution >= 0.6 is 0 Å². The number of nitrogens with zero attached hydrogens (tertiary/aromatic N) is 2. The van der Waals surface area contributed by atoms with Crippen LogP contribution in [0.15, 0.2) is 24.3 Å². The van der Waals surface area contributed by atoms with Crippen molar-refractivity contribution in [3.8, 4) is 11.3 Å². The van der Waals surface area contributed by atoms with E-state index in [4.69, 9.17) is 4.98 Å². The van der Waals surface area contributed by atoms with Crippen molar-refractivity contribution in [2.45, 2.75) is 39.2 Å². The van der Waals surface area contributed by atoms with E-state index in [1.807, 2.05) is 12.1 Å². The number of hydrogen-bond acceptors (Lipinski definition) is 2. The summed E-state index contributed by atoms with van der Waals surface area (Å²) < 4.78 is 2.12. The first-order chi connectivity index (χ1) is 9.20. The summed E-state index contributed by atoms with van der Waals surface area (Å²) in [5.41, 5.74) is 3.81. The summed E-state index contributed by atoms with van der Waals surface area (Å²) in [5.74, 6) is 1.05. The second-order valence-electron chi connectivity index (χ2n) is 5.36. The van der Waals surface area contributed by atoms with Gasteiger partial charge in [-0.2, -0.15) is 0 Å². The van der Waals surface area contributed by atoms with Crippen LogP contribution in [-0.2, 0) is 6.42 Å². The molecule has 0 fully saturated rings. The Morgan fingerprint density at radius 3 is 2.74 bits per heavy atom. The van der Waals surface area contributed by atoms with E-state index in [0.717, 1.165) is 48.3 Å². The zero-order valence-corrected chi connectivity index (χ0v) is 11.4. The summed E-state index contributed by atoms with van der Waals surface area (Å²) in [6, 6.07) is 8.58. The molecule has 1 aliphatic heterocycles. The number of rotatable bonds is 2. The van der Waals surface area contributed by atoms with Crippen LogP contribution < -0.4 is 0 Å². The lowest BCUT2D eigenvalue weighted by Crippen LogP contribution is -2.17. The fourth-order valence-corrected chi connectivity index (χ4v) is 2.88. The maximum Gasteiger partial charge on any atom is 0.168 e. The summed E-state index contributed by atoms with van der Waals surface area (Å²) >= 11 is 0. The summed E-state index contributed by atoms with van der Waals surface area (Å²) in [6.45, 7) is 4.22. The van der Waals surface area contributed by atoms with E-state index in [1.165, 1.54) is 5.56 Å². The first-order valence-electron chi connectivity index (χ1n) is 6.84. The predicted octanol–water partition coefficient (Wildman–Crippen LogP) is 3.57. The predicted molar refractivity (Wildman–Crippen MR) is 75.4 cm³/mol. The van der Waals surface area contributed by atoms with E-state index >= 15 is 0 Å². The lowest BCUT2D eigenvalue weighted by molar-refractivity contribution is 0.111. The molecule has 3 heteroatoms. The molecule has 3 rings (SSSR count). The van der Waals surface area contributed by atoms with E-state index in [2.05, 4.69) is 30.5 Å². The number of imidazole rings is 1. The number of carbonyl (C=O) groups excluding carboxylic acids is 1. The van der Waals surface area contributed by atoms with Crippen LogP contribution in [0.25, 0.3) is 11.3 Å². The molecule has 3 nitrogen and oxygen atoms in total. The largest absolute Gasteiger partial charge is 0.322 e. The summed E-state index contributed by atoms with van der Waals surface area (Å²) in [7, 11) is 0. The molecule has 0 aliphatic carbocycles. The van der Waals surface area contributed by atoms with Crippen molar-refractivity contribution in [3.63, 3.8) is 0 Å². The molecular weight excluding hydrogens is 236 g/mol. The van der Waals surface area contributed by atoms with Crippen molar-refractivity contribution in [2.24, 2.45) is 0 Å². The monoisotopic (exact) mass is 254 g/mol. The van der Waals surface area contributed by atoms with Crippen molar-refractivity contribution in [3.05, 3.63) is 41.3 Å². The standard InChI is InChI=1S/C16H18N2O/c1-11-6-8-13(9-7-11)16-14(10-19)18-12(2)4-3-5-15(18)17-16/h6-10,12H,3-5H2,1-2H3. The average Bonchev–Trinajstić information content (AvgIpc) is 2.79. The quantitative estimate of drug-likeness (QED) is 0.768. The van der Waals surface area contributed by atoms with Gasteiger partial charge in [-0.3, -0.25) is 4.79 Å². The molecule has 1 aliphatic rings. The number of fused-ring (bicyclic) bond motifs is 1. The molecule has 1 aromatic carbocycles. The van der Waals surface area contributed by atoms with Crippen molar-refractivity contribution in [1.29, 1.82) is 0 Å². The Labute approximate surface area is 113 Å². The zero-order chi connectivity index (χ0) is 13.4. The number of benzene rings is 1. The molecule has 0 spiro atoms. The molecule has 0 amide bonds. The molecule has 0 N–H and O–H groups in total. The number of aryl methyl sites for hydroxylation is 2. The van der Waals surface area contributed by atoms with Gasteiger partial charge in [0.25, 0.3) is 0 Å². The fourth-order valence-electron chi connectivity index (χ4n) is 2.88. The molecule has 2 aromatic rings. The minimum absolute atomic E-state index is 0.371. The Kier molecular flexibility index (Phi) is 2.97. The van der Waals surface area contributed by atoms with E-state index in [1.54, 1.807) is 0 Å². The molecule has 0 saturated carbocycles. The minimum atomic E-state index is 0.371. The van der Waals surface area contributed by atoms with Crippen LogP contribution in [-0.4, -0.2) is 15.8 Å². The highest BCUT2D eigenvalue weighted by Crippen LogP contribution is 2.31. The van der Waals surface area contributed by atoms with Gasteiger partial charge >= 0.3 is 0 Å². The van der Waals surface area contributed by atoms with Gasteiger partial charge in [-0.1, -0.05) is 29.8 Å². The number of hydrogen-bond donors (Lipinski definition) is 0. The number of aldehydes is 1. The van der Waals surface area contributed by atoms with E-state index in [9.17, 15) is 4.79 Å². The first-order valence-corrected chi connectivity index (χ1v) is 6.84. The van der Waals surface area contributed by atoms with Crippen molar-refractivity contribution in [1.82, 2.24) is 9.55 Å². The SMILES string of the molecule is Cc1ccc(-c2nc3n(c2C=O)C(C)CCC3)cc1. The van der Waals surface area contributed by atoms with Gasteiger partial charge in [-0.15, -0.1) is 0 Å². The summed E-state index contributed by atoms with van der Waals surface area (Å²) in [4.78, 5) is 16.2. The Hall–Kier alpha value is -1.90. The Morgan fingerprint density at radius 1 is 1.32 bits per heavy atom. The number of carbonyl (C=O) groups is 1. The van der Waals surface area contributed by atoms with Gasteiger partial charge in [0.05, 0.1) is 5.69 Å². The van der Waals surface area contributed by atoms with E-state index in [-0.39, 0.29) is 0 Å². The molecule has 2 heterocycles. The molecule has 0 radical (unpaired) electrons. The fraction of sp³-hybridized carbons (Fsp3) is 0.375. The van der Waals surface area contributed by atoms with E-state index < -0.39 is 0 Å². The van der Waals surface area contributed by atoms with Crippen LogP contribution in [0.5, 0.6) is 0 Å². The third kappa shape index (κ3) is 1.99. The highest BCUT2D eigenvalue weighted by Gasteiger charge is 2.24. The highest BCUT2D eigenvalue weighted by atomic mass is 16.1. The Morgan fingerprint density at radius 2 is 2.05 bits per heavy atom. The van der Waals surface area contributed by atoms with Gasteiger partial charge < -0.3 is 4.57 Å². The van der Waals surface area contributed by atoms with Gasteiger partial charge in [-0.05, 0) is 26.7 Å². The molecule has 0 bridgehead atoms. The van der Waals surface area contributed by atoms with Gasteiger partial charge in [0.15, 0.2) is 6.29 Å². The second-order valence-corrected chi connectivity index (χ2v) is 5.36. The topological polar surface area (TPSA) is 34.9 Å². The lowest BCUT2D eigenvalue weighted by Gasteiger charge is -2.22. The third-order valence-corrected chi connectivity index (χ3v) is 3.92. The maximum absolute atomic E-state index is 11.5. The maximum atomic E-state index is 11.5. The molecule has 1 atom stereocenters. The molecule has 98 valence electrons. The third-order valence-electron chi connectivity index (χ3n) is 3.92. The zero-order valence-electron chi connectivity index (χ0n) is 11.4. The summed E-state index contributed by atoms with van der Waals surface area (Å²) in [5, 5.41) is 0. The molecular formula is C16H18N2O. The Bertz CT molecular complexity index is 610. The van der Waals surface area contributed by atoms with Crippen LogP contribution in [0.2, 0.25) is 0 Å². The van der Waals surface area contributed by atoms with Crippen molar-refractivity contribution < 1.29 is 4.79 Å². The van der Waals surface area contributed by atoms with Crippen molar-refractivity contribution in [2.75, 3.05) is 0 Å². The lowest BCUT2D eigenvalue weighted by atomic mass is 10.1. The van der Waals surface area contributed by atoms with Crippen molar-refractivity contribution >= 4 is 6.29 Å². The average molecular weight is 254 g/mol. The van der Waals surface area contributed by atoms with Gasteiger partial charge in [-0.25, -0.2) is 4.98 Å².